The largest absolute Gasteiger partial charge is 0.261 e. The van der Waals surface area contributed by atoms with Crippen molar-refractivity contribution in [1.82, 2.24) is 24.6 Å². The monoisotopic (exact) mass is 237 g/mol. The lowest BCUT2D eigenvalue weighted by molar-refractivity contribution is 0.946. The van der Waals surface area contributed by atoms with E-state index < -0.39 is 0 Å². The van der Waals surface area contributed by atoms with Crippen LogP contribution in [-0.4, -0.2) is 24.6 Å². The zero-order valence-corrected chi connectivity index (χ0v) is 9.69. The number of hydrogen-bond donors (Lipinski definition) is 0. The molecule has 0 unspecified atom stereocenters. The highest BCUT2D eigenvalue weighted by atomic mass is 15.2. The molecule has 0 radical (unpaired) electrons. The van der Waals surface area contributed by atoms with Crippen LogP contribution in [-0.2, 0) is 0 Å². The maximum Gasteiger partial charge on any atom is 0.163 e. The fourth-order valence-corrected chi connectivity index (χ4v) is 2.12. The molecule has 3 heterocycles. The van der Waals surface area contributed by atoms with Gasteiger partial charge in [-0.1, -0.05) is 0 Å². The predicted molar refractivity (Wildman–Crippen MR) is 66.0 cm³/mol. The SMILES string of the molecule is c1cn2ncc(-c3nccc(C4CC4)n3)c2cn1. The molecule has 0 N–H and O–H groups in total. The molecule has 18 heavy (non-hydrogen) atoms. The molecule has 1 aliphatic carbocycles. The lowest BCUT2D eigenvalue weighted by atomic mass is 10.2. The molecule has 3 aromatic rings. The molecule has 5 heteroatoms. The van der Waals surface area contributed by atoms with Crippen LogP contribution in [0.3, 0.4) is 0 Å². The van der Waals surface area contributed by atoms with Gasteiger partial charge in [0.2, 0.25) is 0 Å². The van der Waals surface area contributed by atoms with Crippen LogP contribution in [0.4, 0.5) is 0 Å². The van der Waals surface area contributed by atoms with Crippen molar-refractivity contribution < 1.29 is 0 Å². The fourth-order valence-electron chi connectivity index (χ4n) is 2.12. The van der Waals surface area contributed by atoms with Crippen LogP contribution < -0.4 is 0 Å². The Morgan fingerprint density at radius 3 is 3.00 bits per heavy atom. The summed E-state index contributed by atoms with van der Waals surface area (Å²) < 4.78 is 1.79. The van der Waals surface area contributed by atoms with Crippen LogP contribution in [0, 0.1) is 0 Å². The number of rotatable bonds is 2. The Hall–Kier alpha value is -2.30. The summed E-state index contributed by atoms with van der Waals surface area (Å²) in [5, 5.41) is 4.28. The maximum atomic E-state index is 4.64. The zero-order chi connectivity index (χ0) is 11.9. The quantitative estimate of drug-likeness (QED) is 0.684. The van der Waals surface area contributed by atoms with Gasteiger partial charge in [-0.3, -0.25) is 4.98 Å². The van der Waals surface area contributed by atoms with Crippen LogP contribution >= 0.6 is 0 Å². The molecule has 0 saturated heterocycles. The minimum atomic E-state index is 0.631. The Balaban J connectivity index is 1.88. The lowest BCUT2D eigenvalue weighted by Gasteiger charge is -2.00. The van der Waals surface area contributed by atoms with Gasteiger partial charge in [0.1, 0.15) is 0 Å². The molecular formula is C13H11N5. The van der Waals surface area contributed by atoms with E-state index in [-0.39, 0.29) is 0 Å². The van der Waals surface area contributed by atoms with E-state index in [4.69, 9.17) is 0 Å². The smallest absolute Gasteiger partial charge is 0.163 e. The highest BCUT2D eigenvalue weighted by Crippen LogP contribution is 2.39. The van der Waals surface area contributed by atoms with Crippen LogP contribution in [0.15, 0.2) is 37.1 Å². The molecule has 1 aliphatic rings. The molecule has 0 spiro atoms. The summed E-state index contributed by atoms with van der Waals surface area (Å²) in [5.41, 5.74) is 3.01. The van der Waals surface area contributed by atoms with E-state index in [9.17, 15) is 0 Å². The molecule has 0 bridgehead atoms. The second kappa shape index (κ2) is 3.60. The average Bonchev–Trinajstić information content (AvgIpc) is 3.19. The van der Waals surface area contributed by atoms with Gasteiger partial charge in [-0.15, -0.1) is 0 Å². The van der Waals surface area contributed by atoms with Crippen molar-refractivity contribution in [2.45, 2.75) is 18.8 Å². The van der Waals surface area contributed by atoms with E-state index in [1.54, 1.807) is 23.1 Å². The molecule has 1 saturated carbocycles. The normalized spacial score (nSPS) is 15.1. The van der Waals surface area contributed by atoms with Gasteiger partial charge in [0, 0.05) is 30.2 Å². The van der Waals surface area contributed by atoms with E-state index in [2.05, 4.69) is 20.1 Å². The standard InChI is InChI=1S/C13H11N5/c1-2-9(1)11-3-4-15-13(17-11)10-7-16-18-6-5-14-8-12(10)18/h3-9H,1-2H2. The van der Waals surface area contributed by atoms with Gasteiger partial charge in [0.05, 0.1) is 23.5 Å². The third-order valence-electron chi connectivity index (χ3n) is 3.24. The van der Waals surface area contributed by atoms with E-state index in [0.717, 1.165) is 22.6 Å². The minimum absolute atomic E-state index is 0.631. The highest BCUT2D eigenvalue weighted by Gasteiger charge is 2.25. The molecule has 4 rings (SSSR count). The first-order chi connectivity index (χ1) is 8.92. The minimum Gasteiger partial charge on any atom is -0.261 e. The summed E-state index contributed by atoms with van der Waals surface area (Å²) in [4.78, 5) is 13.1. The van der Waals surface area contributed by atoms with Crippen molar-refractivity contribution in [2.24, 2.45) is 0 Å². The third kappa shape index (κ3) is 1.48. The van der Waals surface area contributed by atoms with E-state index in [1.807, 2.05) is 18.5 Å². The predicted octanol–water partition coefficient (Wildman–Crippen LogP) is 2.06. The molecule has 88 valence electrons. The van der Waals surface area contributed by atoms with Gasteiger partial charge in [0.15, 0.2) is 5.82 Å². The highest BCUT2D eigenvalue weighted by molar-refractivity contribution is 5.74. The van der Waals surface area contributed by atoms with E-state index >= 15 is 0 Å². The summed E-state index contributed by atoms with van der Waals surface area (Å²) in [7, 11) is 0. The molecule has 1 fully saturated rings. The summed E-state index contributed by atoms with van der Waals surface area (Å²) in [6, 6.07) is 2.01. The Labute approximate surface area is 104 Å². The average molecular weight is 237 g/mol. The van der Waals surface area contributed by atoms with Gasteiger partial charge in [0.25, 0.3) is 0 Å². The van der Waals surface area contributed by atoms with Gasteiger partial charge in [-0.25, -0.2) is 14.5 Å². The second-order valence-corrected chi connectivity index (χ2v) is 4.54. The second-order valence-electron chi connectivity index (χ2n) is 4.54. The first-order valence-electron chi connectivity index (χ1n) is 6.02. The number of fused-ring (bicyclic) bond motifs is 1. The lowest BCUT2D eigenvalue weighted by Crippen LogP contribution is -1.93. The Morgan fingerprint density at radius 1 is 1.17 bits per heavy atom. The van der Waals surface area contributed by atoms with Gasteiger partial charge >= 0.3 is 0 Å². The number of nitrogens with zero attached hydrogens (tertiary/aromatic N) is 5. The zero-order valence-electron chi connectivity index (χ0n) is 9.69. The summed E-state index contributed by atoms with van der Waals surface area (Å²) in [5.74, 6) is 1.37. The van der Waals surface area contributed by atoms with Gasteiger partial charge < -0.3 is 0 Å². The molecule has 0 atom stereocenters. The topological polar surface area (TPSA) is 56.0 Å². The van der Waals surface area contributed by atoms with Crippen molar-refractivity contribution in [3.8, 4) is 11.4 Å². The van der Waals surface area contributed by atoms with E-state index in [1.165, 1.54) is 12.8 Å². The van der Waals surface area contributed by atoms with Crippen LogP contribution in [0.1, 0.15) is 24.5 Å². The number of hydrogen-bond acceptors (Lipinski definition) is 4. The summed E-state index contributed by atoms with van der Waals surface area (Å²) >= 11 is 0. The molecule has 5 nitrogen and oxygen atoms in total. The molecule has 3 aromatic heterocycles. The molecule has 0 amide bonds. The van der Waals surface area contributed by atoms with Crippen molar-refractivity contribution in [3.05, 3.63) is 42.7 Å². The van der Waals surface area contributed by atoms with Gasteiger partial charge in [-0.2, -0.15) is 5.10 Å². The van der Waals surface area contributed by atoms with Crippen molar-refractivity contribution in [1.29, 1.82) is 0 Å². The van der Waals surface area contributed by atoms with Crippen LogP contribution in [0.2, 0.25) is 0 Å². The molecule has 0 aromatic carbocycles. The fraction of sp³-hybridized carbons (Fsp3) is 0.231. The van der Waals surface area contributed by atoms with Crippen molar-refractivity contribution in [3.63, 3.8) is 0 Å². The third-order valence-corrected chi connectivity index (χ3v) is 3.24. The number of aromatic nitrogens is 5. The van der Waals surface area contributed by atoms with E-state index in [0.29, 0.717) is 5.92 Å². The Bertz CT molecular complexity index is 714. The molecular weight excluding hydrogens is 226 g/mol. The molecule has 0 aliphatic heterocycles. The van der Waals surface area contributed by atoms with Gasteiger partial charge in [-0.05, 0) is 18.9 Å². The first-order valence-corrected chi connectivity index (χ1v) is 6.02. The summed E-state index contributed by atoms with van der Waals surface area (Å²) in [6.07, 6.45) is 11.4. The van der Waals surface area contributed by atoms with Crippen molar-refractivity contribution in [2.75, 3.05) is 0 Å². The van der Waals surface area contributed by atoms with Crippen LogP contribution in [0.25, 0.3) is 16.9 Å². The van der Waals surface area contributed by atoms with Crippen molar-refractivity contribution >= 4 is 5.52 Å². The summed E-state index contributed by atoms with van der Waals surface area (Å²) in [6.45, 7) is 0. The van der Waals surface area contributed by atoms with Crippen LogP contribution in [0.5, 0.6) is 0 Å². The first kappa shape index (κ1) is 9.70. The Kier molecular flexibility index (Phi) is 1.94. The maximum absolute atomic E-state index is 4.64. The Morgan fingerprint density at radius 2 is 2.11 bits per heavy atom.